The third-order valence-corrected chi connectivity index (χ3v) is 6.58. The molecule has 1 saturated heterocycles. The Morgan fingerprint density at radius 2 is 1.64 bits per heavy atom. The molecule has 9 nitrogen and oxygen atoms in total. The first-order chi connectivity index (χ1) is 15.6. The van der Waals surface area contributed by atoms with Crippen LogP contribution in [0.25, 0.3) is 0 Å². The summed E-state index contributed by atoms with van der Waals surface area (Å²) in [5.41, 5.74) is 3.18. The summed E-state index contributed by atoms with van der Waals surface area (Å²) in [4.78, 5) is 14.3. The van der Waals surface area contributed by atoms with Gasteiger partial charge < -0.3 is 9.47 Å². The fourth-order valence-electron chi connectivity index (χ4n) is 3.92. The summed E-state index contributed by atoms with van der Waals surface area (Å²) in [5, 5.41) is 9.31. The van der Waals surface area contributed by atoms with Gasteiger partial charge in [-0.2, -0.15) is 0 Å². The van der Waals surface area contributed by atoms with Crippen LogP contribution < -0.4 is 14.5 Å². The van der Waals surface area contributed by atoms with Crippen molar-refractivity contribution in [3.8, 4) is 11.5 Å². The predicted molar refractivity (Wildman–Crippen MR) is 125 cm³/mol. The van der Waals surface area contributed by atoms with Gasteiger partial charge in [-0.25, -0.2) is 13.9 Å². The zero-order valence-electron chi connectivity index (χ0n) is 19.3. The smallest absolute Gasteiger partial charge is 0.262 e. The number of sulfonamides is 1. The lowest BCUT2D eigenvalue weighted by Crippen LogP contribution is -2.58. The van der Waals surface area contributed by atoms with Crippen molar-refractivity contribution < 1.29 is 27.9 Å². The largest absolute Gasteiger partial charge is 0.457 e. The van der Waals surface area contributed by atoms with E-state index in [9.17, 15) is 18.4 Å². The van der Waals surface area contributed by atoms with E-state index in [2.05, 4.69) is 0 Å². The molecule has 1 aliphatic heterocycles. The number of anilines is 1. The molecule has 3 atom stereocenters. The SMILES string of the molecule is Cc1ccc(Oc2ccc(N(C[C@@H](C(=O)NO)N3C[C@@H](C)O[C@@H](C)C3)S(C)(=O)=O)cc2)cc1. The van der Waals surface area contributed by atoms with Gasteiger partial charge in [0.05, 0.1) is 30.7 Å². The van der Waals surface area contributed by atoms with Gasteiger partial charge in [0, 0.05) is 13.1 Å². The Balaban J connectivity index is 1.83. The number of nitrogens with one attached hydrogen (secondary N) is 1. The molecule has 2 aromatic carbocycles. The van der Waals surface area contributed by atoms with Crippen molar-refractivity contribution >= 4 is 21.6 Å². The van der Waals surface area contributed by atoms with Crippen LogP contribution in [0, 0.1) is 6.92 Å². The van der Waals surface area contributed by atoms with Crippen LogP contribution in [-0.4, -0.2) is 68.6 Å². The maximum absolute atomic E-state index is 12.7. The normalized spacial score (nSPS) is 20.2. The summed E-state index contributed by atoms with van der Waals surface area (Å²) >= 11 is 0. The molecule has 10 heteroatoms. The standard InChI is InChI=1S/C23H31N3O6S/c1-16-5-9-20(10-6-16)32-21-11-7-19(8-12-21)26(33(4,29)30)15-22(23(27)24-28)25-13-17(2)31-18(3)14-25/h5-12,17-18,22,28H,13-15H2,1-4H3,(H,24,27)/t17-,18+,22-/m0/s1. The fourth-order valence-corrected chi connectivity index (χ4v) is 4.84. The second-order valence-electron chi connectivity index (χ2n) is 8.41. The Bertz CT molecular complexity index is 1030. The minimum atomic E-state index is -3.72. The third kappa shape index (κ3) is 6.67. The number of carbonyl (C=O) groups is 1. The van der Waals surface area contributed by atoms with E-state index in [1.165, 1.54) is 0 Å². The van der Waals surface area contributed by atoms with Crippen LogP contribution in [0.3, 0.4) is 0 Å². The fraction of sp³-hybridized carbons (Fsp3) is 0.435. The van der Waals surface area contributed by atoms with Gasteiger partial charge in [0.2, 0.25) is 10.0 Å². The van der Waals surface area contributed by atoms with E-state index in [0.717, 1.165) is 16.1 Å². The van der Waals surface area contributed by atoms with Gasteiger partial charge in [0.1, 0.15) is 17.5 Å². The molecule has 0 aromatic heterocycles. The molecular formula is C23H31N3O6S. The quantitative estimate of drug-likeness (QED) is 0.444. The molecule has 0 spiro atoms. The summed E-state index contributed by atoms with van der Waals surface area (Å²) in [6.07, 6.45) is 0.822. The molecule has 0 bridgehead atoms. The predicted octanol–water partition coefficient (Wildman–Crippen LogP) is 2.54. The lowest BCUT2D eigenvalue weighted by molar-refractivity contribution is -0.140. The number of carbonyl (C=O) groups excluding carboxylic acids is 1. The number of hydrogen-bond acceptors (Lipinski definition) is 7. The Morgan fingerprint density at radius 1 is 1.12 bits per heavy atom. The van der Waals surface area contributed by atoms with Gasteiger partial charge in [-0.3, -0.25) is 19.2 Å². The molecule has 0 unspecified atom stereocenters. The van der Waals surface area contributed by atoms with Gasteiger partial charge in [0.15, 0.2) is 0 Å². The maximum atomic E-state index is 12.7. The van der Waals surface area contributed by atoms with E-state index in [4.69, 9.17) is 9.47 Å². The van der Waals surface area contributed by atoms with E-state index >= 15 is 0 Å². The average molecular weight is 478 g/mol. The minimum absolute atomic E-state index is 0.132. The van der Waals surface area contributed by atoms with E-state index in [-0.39, 0.29) is 18.8 Å². The molecule has 1 amide bonds. The molecule has 1 fully saturated rings. The summed E-state index contributed by atoms with van der Waals surface area (Å²) in [6.45, 7) is 6.46. The number of rotatable bonds is 8. The molecular weight excluding hydrogens is 446 g/mol. The Morgan fingerprint density at radius 3 is 2.12 bits per heavy atom. The highest BCUT2D eigenvalue weighted by Crippen LogP contribution is 2.27. The second kappa shape index (κ2) is 10.5. The van der Waals surface area contributed by atoms with Crippen LogP contribution in [0.5, 0.6) is 11.5 Å². The molecule has 0 saturated carbocycles. The summed E-state index contributed by atoms with van der Waals surface area (Å²) < 4.78 is 38.0. The first kappa shape index (κ1) is 25.0. The lowest BCUT2D eigenvalue weighted by Gasteiger charge is -2.40. The third-order valence-electron chi connectivity index (χ3n) is 5.42. The number of amides is 1. The second-order valence-corrected chi connectivity index (χ2v) is 10.3. The number of nitrogens with zero attached hydrogens (tertiary/aromatic N) is 2. The zero-order valence-corrected chi connectivity index (χ0v) is 20.1. The van der Waals surface area contributed by atoms with Crippen LogP contribution in [0.4, 0.5) is 5.69 Å². The van der Waals surface area contributed by atoms with Crippen molar-refractivity contribution in [2.24, 2.45) is 0 Å². The molecule has 0 aliphatic carbocycles. The summed E-state index contributed by atoms with van der Waals surface area (Å²) in [5.74, 6) is 0.546. The topological polar surface area (TPSA) is 108 Å². The van der Waals surface area contributed by atoms with Crippen LogP contribution in [-0.2, 0) is 19.6 Å². The molecule has 2 aromatic rings. The van der Waals surface area contributed by atoms with Gasteiger partial charge in [-0.05, 0) is 57.2 Å². The maximum Gasteiger partial charge on any atom is 0.262 e. The number of hydrogen-bond donors (Lipinski definition) is 2. The van der Waals surface area contributed by atoms with Crippen molar-refractivity contribution in [2.45, 2.75) is 39.0 Å². The molecule has 3 rings (SSSR count). The minimum Gasteiger partial charge on any atom is -0.457 e. The Hall–Kier alpha value is -2.66. The van der Waals surface area contributed by atoms with E-state index in [1.807, 2.05) is 49.9 Å². The lowest BCUT2D eigenvalue weighted by atomic mass is 10.1. The molecule has 2 N–H and O–H groups in total. The highest BCUT2D eigenvalue weighted by Gasteiger charge is 2.35. The van der Waals surface area contributed by atoms with E-state index in [0.29, 0.717) is 30.3 Å². The van der Waals surface area contributed by atoms with Crippen molar-refractivity contribution in [3.05, 3.63) is 54.1 Å². The van der Waals surface area contributed by atoms with Crippen LogP contribution >= 0.6 is 0 Å². The Labute approximate surface area is 194 Å². The first-order valence-corrected chi connectivity index (χ1v) is 12.6. The van der Waals surface area contributed by atoms with Gasteiger partial charge in [0.25, 0.3) is 5.91 Å². The average Bonchev–Trinajstić information content (AvgIpc) is 2.75. The number of hydroxylamine groups is 1. The van der Waals surface area contributed by atoms with Crippen LogP contribution in [0.15, 0.2) is 48.5 Å². The van der Waals surface area contributed by atoms with E-state index < -0.39 is 22.0 Å². The van der Waals surface area contributed by atoms with Crippen LogP contribution in [0.2, 0.25) is 0 Å². The van der Waals surface area contributed by atoms with E-state index in [1.54, 1.807) is 29.7 Å². The number of ether oxygens (including phenoxy) is 2. The zero-order chi connectivity index (χ0) is 24.2. The number of morpholine rings is 1. The molecule has 1 heterocycles. The highest BCUT2D eigenvalue weighted by atomic mass is 32.2. The molecule has 0 radical (unpaired) electrons. The van der Waals surface area contributed by atoms with Crippen molar-refractivity contribution in [1.82, 2.24) is 10.4 Å². The van der Waals surface area contributed by atoms with Crippen LogP contribution in [0.1, 0.15) is 19.4 Å². The Kier molecular flexibility index (Phi) is 7.96. The van der Waals surface area contributed by atoms with Crippen molar-refractivity contribution in [1.29, 1.82) is 0 Å². The van der Waals surface area contributed by atoms with Gasteiger partial charge in [-0.1, -0.05) is 17.7 Å². The van der Waals surface area contributed by atoms with Crippen molar-refractivity contribution in [3.63, 3.8) is 0 Å². The molecule has 33 heavy (non-hydrogen) atoms. The van der Waals surface area contributed by atoms with Crippen molar-refractivity contribution in [2.75, 3.05) is 30.2 Å². The van der Waals surface area contributed by atoms with Gasteiger partial charge >= 0.3 is 0 Å². The van der Waals surface area contributed by atoms with Gasteiger partial charge in [-0.15, -0.1) is 0 Å². The first-order valence-electron chi connectivity index (χ1n) is 10.7. The number of benzene rings is 2. The monoisotopic (exact) mass is 477 g/mol. The highest BCUT2D eigenvalue weighted by molar-refractivity contribution is 7.92. The summed E-state index contributed by atoms with van der Waals surface area (Å²) in [7, 11) is -3.72. The number of aryl methyl sites for hydroxylation is 1. The molecule has 1 aliphatic rings. The molecule has 180 valence electrons. The summed E-state index contributed by atoms with van der Waals surface area (Å²) in [6, 6.07) is 13.3.